The third-order valence-corrected chi connectivity index (χ3v) is 2.57. The maximum atomic E-state index is 3.89. The third-order valence-electron chi connectivity index (χ3n) is 2.57. The van der Waals surface area contributed by atoms with E-state index < -0.39 is 0 Å². The zero-order chi connectivity index (χ0) is 8.97. The van der Waals surface area contributed by atoms with Crippen LogP contribution in [0.3, 0.4) is 0 Å². The molecule has 0 spiro atoms. The first-order chi connectivity index (χ1) is 5.74. The smallest absolute Gasteiger partial charge is 0.0195 e. The van der Waals surface area contributed by atoms with E-state index >= 15 is 0 Å². The molecule has 1 unspecified atom stereocenters. The molecule has 2 nitrogen and oxygen atoms in total. The lowest BCUT2D eigenvalue weighted by atomic mass is 10.1. The van der Waals surface area contributed by atoms with Crippen molar-refractivity contribution in [3.63, 3.8) is 0 Å². The highest BCUT2D eigenvalue weighted by atomic mass is 15.2. The van der Waals surface area contributed by atoms with Gasteiger partial charge >= 0.3 is 0 Å². The zero-order valence-electron chi connectivity index (χ0n) is 8.34. The Morgan fingerprint density at radius 2 is 2.33 bits per heavy atom. The van der Waals surface area contributed by atoms with Gasteiger partial charge in [0.2, 0.25) is 0 Å². The molecule has 0 aliphatic carbocycles. The van der Waals surface area contributed by atoms with Crippen LogP contribution in [0.15, 0.2) is 0 Å². The molecule has 0 amide bonds. The first-order valence-corrected chi connectivity index (χ1v) is 5.00. The number of nitrogens with zero attached hydrogens (tertiary/aromatic N) is 1. The summed E-state index contributed by atoms with van der Waals surface area (Å²) in [6.07, 6.45) is 2.26. The van der Waals surface area contributed by atoms with Gasteiger partial charge < -0.3 is 5.32 Å². The monoisotopic (exact) mass is 169 g/mol. The van der Waals surface area contributed by atoms with Crippen LogP contribution in [0.5, 0.6) is 0 Å². The van der Waals surface area contributed by atoms with Crippen molar-refractivity contribution in [1.29, 1.82) is 0 Å². The van der Waals surface area contributed by atoms with Crippen LogP contribution in [0.2, 0.25) is 0 Å². The summed E-state index contributed by atoms with van der Waals surface area (Å²) < 4.78 is 0. The van der Waals surface area contributed by atoms with Crippen LogP contribution in [-0.4, -0.2) is 36.6 Å². The van der Waals surface area contributed by atoms with E-state index in [-0.39, 0.29) is 0 Å². The molecule has 1 heterocycles. The summed E-state index contributed by atoms with van der Waals surface area (Å²) in [5.41, 5.74) is 0. The van der Waals surface area contributed by atoms with Gasteiger partial charge in [-0.1, -0.05) is 13.3 Å². The second-order valence-corrected chi connectivity index (χ2v) is 3.88. The van der Waals surface area contributed by atoms with Crippen molar-refractivity contribution in [2.75, 3.05) is 19.6 Å². The molecule has 1 atom stereocenters. The van der Waals surface area contributed by atoms with Gasteiger partial charge in [-0.05, 0) is 20.3 Å². The van der Waals surface area contributed by atoms with Crippen molar-refractivity contribution in [1.82, 2.24) is 10.2 Å². The largest absolute Gasteiger partial charge is 0.311 e. The summed E-state index contributed by atoms with van der Waals surface area (Å²) in [6, 6.07) is 1.37. The summed E-state index contributed by atoms with van der Waals surface area (Å²) in [5, 5.41) is 3.52. The number of piperazine rings is 1. The molecule has 1 N–H and O–H groups in total. The molecule has 0 bridgehead atoms. The second kappa shape index (κ2) is 4.83. The van der Waals surface area contributed by atoms with Crippen molar-refractivity contribution in [2.24, 2.45) is 0 Å². The first-order valence-electron chi connectivity index (χ1n) is 5.00. The van der Waals surface area contributed by atoms with Crippen molar-refractivity contribution < 1.29 is 0 Å². The van der Waals surface area contributed by atoms with Crippen LogP contribution in [-0.2, 0) is 0 Å². The average Bonchev–Trinajstić information content (AvgIpc) is 2.05. The summed E-state index contributed by atoms with van der Waals surface area (Å²) in [4.78, 5) is 2.54. The van der Waals surface area contributed by atoms with Gasteiger partial charge in [0.05, 0.1) is 0 Å². The quantitative estimate of drug-likeness (QED) is 0.684. The molecule has 1 radical (unpaired) electrons. The molecular weight excluding hydrogens is 148 g/mol. The highest BCUT2D eigenvalue weighted by Crippen LogP contribution is 2.07. The molecule has 1 rings (SSSR count). The maximum absolute atomic E-state index is 3.89. The van der Waals surface area contributed by atoms with E-state index in [1.165, 1.54) is 19.5 Å². The Morgan fingerprint density at radius 1 is 1.58 bits per heavy atom. The van der Waals surface area contributed by atoms with Crippen LogP contribution in [0.1, 0.15) is 26.7 Å². The van der Waals surface area contributed by atoms with E-state index in [2.05, 4.69) is 31.0 Å². The number of nitrogens with one attached hydrogen (secondary N) is 1. The molecule has 0 aromatic heterocycles. The molecule has 2 heteroatoms. The van der Waals surface area contributed by atoms with E-state index in [0.29, 0.717) is 12.1 Å². The maximum Gasteiger partial charge on any atom is 0.0195 e. The Bertz CT molecular complexity index is 121. The Kier molecular flexibility index (Phi) is 4.02. The minimum Gasteiger partial charge on any atom is -0.311 e. The zero-order valence-corrected chi connectivity index (χ0v) is 8.34. The van der Waals surface area contributed by atoms with Crippen molar-refractivity contribution >= 4 is 0 Å². The van der Waals surface area contributed by atoms with Crippen molar-refractivity contribution in [3.8, 4) is 0 Å². The van der Waals surface area contributed by atoms with Gasteiger partial charge in [0, 0.05) is 31.7 Å². The van der Waals surface area contributed by atoms with Crippen molar-refractivity contribution in [3.05, 3.63) is 6.92 Å². The highest BCUT2D eigenvalue weighted by molar-refractivity contribution is 4.80. The van der Waals surface area contributed by atoms with Gasteiger partial charge in [0.25, 0.3) is 0 Å². The van der Waals surface area contributed by atoms with Crippen molar-refractivity contribution in [2.45, 2.75) is 38.8 Å². The fraction of sp³-hybridized carbons (Fsp3) is 0.900. The molecule has 0 aromatic rings. The SMILES string of the molecule is [CH2]CCC1CN(C(C)C)CCN1. The minimum absolute atomic E-state index is 0.679. The normalized spacial score (nSPS) is 26.5. The van der Waals surface area contributed by atoms with Gasteiger partial charge in [0.1, 0.15) is 0 Å². The van der Waals surface area contributed by atoms with Crippen LogP contribution < -0.4 is 5.32 Å². The molecule has 71 valence electrons. The van der Waals surface area contributed by atoms with Gasteiger partial charge in [-0.3, -0.25) is 4.90 Å². The summed E-state index contributed by atoms with van der Waals surface area (Å²) in [6.45, 7) is 12.0. The molecule has 1 saturated heterocycles. The fourth-order valence-corrected chi connectivity index (χ4v) is 1.76. The van der Waals surface area contributed by atoms with Crippen LogP contribution in [0.4, 0.5) is 0 Å². The van der Waals surface area contributed by atoms with Crippen LogP contribution >= 0.6 is 0 Å². The Hall–Kier alpha value is -0.0800. The predicted octanol–water partition coefficient (Wildman–Crippen LogP) is 1.28. The number of rotatable bonds is 3. The predicted molar refractivity (Wildman–Crippen MR) is 53.1 cm³/mol. The summed E-state index contributed by atoms with van der Waals surface area (Å²) in [5.74, 6) is 0. The molecule has 1 aliphatic rings. The van der Waals surface area contributed by atoms with E-state index in [0.717, 1.165) is 13.0 Å². The van der Waals surface area contributed by atoms with Crippen LogP contribution in [0, 0.1) is 6.92 Å². The lowest BCUT2D eigenvalue weighted by molar-refractivity contribution is 0.158. The standard InChI is InChI=1S/C10H21N2/c1-4-5-10-8-12(9(2)3)7-6-11-10/h9-11H,1,4-8H2,2-3H3. The average molecular weight is 169 g/mol. The number of hydrogen-bond donors (Lipinski definition) is 1. The molecule has 0 aromatic carbocycles. The molecule has 12 heavy (non-hydrogen) atoms. The molecule has 1 fully saturated rings. The van der Waals surface area contributed by atoms with Crippen LogP contribution in [0.25, 0.3) is 0 Å². The second-order valence-electron chi connectivity index (χ2n) is 3.88. The van der Waals surface area contributed by atoms with E-state index in [9.17, 15) is 0 Å². The first kappa shape index (κ1) is 10.0. The van der Waals surface area contributed by atoms with Gasteiger partial charge in [-0.15, -0.1) is 0 Å². The Labute approximate surface area is 76.3 Å². The van der Waals surface area contributed by atoms with Gasteiger partial charge in [-0.2, -0.15) is 0 Å². The molecule has 1 aliphatic heterocycles. The molecule has 0 saturated carbocycles. The Morgan fingerprint density at radius 3 is 2.92 bits per heavy atom. The highest BCUT2D eigenvalue weighted by Gasteiger charge is 2.19. The number of hydrogen-bond acceptors (Lipinski definition) is 2. The summed E-state index contributed by atoms with van der Waals surface area (Å²) >= 11 is 0. The van der Waals surface area contributed by atoms with Gasteiger partial charge in [0.15, 0.2) is 0 Å². The lowest BCUT2D eigenvalue weighted by Crippen LogP contribution is -2.52. The van der Waals surface area contributed by atoms with Gasteiger partial charge in [-0.25, -0.2) is 0 Å². The van der Waals surface area contributed by atoms with E-state index in [4.69, 9.17) is 0 Å². The minimum atomic E-state index is 0.679. The topological polar surface area (TPSA) is 15.3 Å². The summed E-state index contributed by atoms with van der Waals surface area (Å²) in [7, 11) is 0. The molecular formula is C10H21N2. The lowest BCUT2D eigenvalue weighted by Gasteiger charge is -2.36. The van der Waals surface area contributed by atoms with E-state index in [1.807, 2.05) is 0 Å². The third kappa shape index (κ3) is 2.76. The Balaban J connectivity index is 2.30. The van der Waals surface area contributed by atoms with E-state index in [1.54, 1.807) is 0 Å². The fourth-order valence-electron chi connectivity index (χ4n) is 1.76.